The van der Waals surface area contributed by atoms with Crippen LogP contribution in [0.1, 0.15) is 61.4 Å². The van der Waals surface area contributed by atoms with Crippen LogP contribution in [0.3, 0.4) is 0 Å². The second-order valence-corrected chi connectivity index (χ2v) is 9.20. The Morgan fingerprint density at radius 1 is 0.750 bits per heavy atom. The minimum Gasteiger partial charge on any atom is -0.460 e. The Bertz CT molecular complexity index is 1220. The van der Waals surface area contributed by atoms with Crippen LogP contribution in [0.25, 0.3) is 11.1 Å². The molecule has 3 nitrogen and oxygen atoms in total. The molecule has 0 N–H and O–H groups in total. The fourth-order valence-corrected chi connectivity index (χ4v) is 5.40. The molecule has 1 unspecified atom stereocenters. The number of benzene rings is 3. The highest BCUT2D eigenvalue weighted by molar-refractivity contribution is 5.90. The van der Waals surface area contributed by atoms with Gasteiger partial charge < -0.3 is 9.64 Å². The third kappa shape index (κ3) is 3.06. The lowest BCUT2D eigenvalue weighted by molar-refractivity contribution is 0.140. The standard InChI is InChI=1S/C29H32N2O/c1-6-14-31(15-7-2)22-10-11-23-24-16-19(3)8-12-25(24)29(27(23)18-22)26-13-9-20(4)17-28(26)30-21(5)32-29/h8-13,16-18H,6-7,14-15H2,1-5H3. The highest BCUT2D eigenvalue weighted by Gasteiger charge is 2.50. The van der Waals surface area contributed by atoms with Crippen LogP contribution in [0.5, 0.6) is 0 Å². The van der Waals surface area contributed by atoms with Crippen molar-refractivity contribution in [3.8, 4) is 11.1 Å². The Kier molecular flexibility index (Phi) is 5.08. The van der Waals surface area contributed by atoms with E-state index in [1.54, 1.807) is 0 Å². The molecular weight excluding hydrogens is 392 g/mol. The second-order valence-electron chi connectivity index (χ2n) is 9.20. The predicted octanol–water partition coefficient (Wildman–Crippen LogP) is 7.28. The maximum absolute atomic E-state index is 6.78. The van der Waals surface area contributed by atoms with Crippen LogP contribution < -0.4 is 4.90 Å². The van der Waals surface area contributed by atoms with E-state index in [0.29, 0.717) is 5.90 Å². The first-order chi connectivity index (χ1) is 15.5. The van der Waals surface area contributed by atoms with Crippen LogP contribution >= 0.6 is 0 Å². The smallest absolute Gasteiger partial charge is 0.189 e. The number of ether oxygens (including phenoxy) is 1. The zero-order valence-electron chi connectivity index (χ0n) is 19.8. The number of hydrogen-bond acceptors (Lipinski definition) is 3. The summed E-state index contributed by atoms with van der Waals surface area (Å²) in [6.07, 6.45) is 2.26. The van der Waals surface area contributed by atoms with Crippen LogP contribution in [0, 0.1) is 13.8 Å². The maximum Gasteiger partial charge on any atom is 0.189 e. The third-order valence-corrected chi connectivity index (χ3v) is 6.69. The molecule has 3 aromatic carbocycles. The molecule has 1 aliphatic heterocycles. The molecule has 164 valence electrons. The normalized spacial score (nSPS) is 18.0. The monoisotopic (exact) mass is 424 g/mol. The number of nitrogens with zero attached hydrogens (tertiary/aromatic N) is 2. The topological polar surface area (TPSA) is 24.8 Å². The summed E-state index contributed by atoms with van der Waals surface area (Å²) in [5.41, 5.74) is 10.2. The highest BCUT2D eigenvalue weighted by atomic mass is 16.5. The van der Waals surface area contributed by atoms with E-state index in [4.69, 9.17) is 9.73 Å². The van der Waals surface area contributed by atoms with Gasteiger partial charge in [-0.3, -0.25) is 0 Å². The van der Waals surface area contributed by atoms with Gasteiger partial charge in [-0.2, -0.15) is 0 Å². The van der Waals surface area contributed by atoms with Gasteiger partial charge in [-0.25, -0.2) is 4.99 Å². The largest absolute Gasteiger partial charge is 0.460 e. The molecular formula is C29H32N2O. The van der Waals surface area contributed by atoms with Crippen LogP contribution in [-0.4, -0.2) is 19.0 Å². The molecule has 0 bridgehead atoms. The minimum absolute atomic E-state index is 0.659. The molecule has 0 saturated heterocycles. The van der Waals surface area contributed by atoms with E-state index in [9.17, 15) is 0 Å². The van der Waals surface area contributed by atoms with E-state index >= 15 is 0 Å². The summed E-state index contributed by atoms with van der Waals surface area (Å²) in [4.78, 5) is 7.29. The Hall–Kier alpha value is -3.07. The van der Waals surface area contributed by atoms with E-state index in [1.165, 1.54) is 39.1 Å². The molecule has 1 aliphatic carbocycles. The molecule has 0 radical (unpaired) electrons. The van der Waals surface area contributed by atoms with Gasteiger partial charge in [-0.05, 0) is 61.6 Å². The Morgan fingerprint density at radius 2 is 1.44 bits per heavy atom. The molecule has 0 amide bonds. The molecule has 5 rings (SSSR count). The fourth-order valence-electron chi connectivity index (χ4n) is 5.40. The average Bonchev–Trinajstić information content (AvgIpc) is 3.02. The van der Waals surface area contributed by atoms with Crippen molar-refractivity contribution in [1.82, 2.24) is 0 Å². The number of anilines is 1. The number of aryl methyl sites for hydroxylation is 2. The fraction of sp³-hybridized carbons (Fsp3) is 0.345. The lowest BCUT2D eigenvalue weighted by atomic mass is 9.81. The molecule has 3 heteroatoms. The summed E-state index contributed by atoms with van der Waals surface area (Å²) in [6, 6.07) is 20.3. The van der Waals surface area contributed by atoms with Gasteiger partial charge in [0.05, 0.1) is 5.69 Å². The minimum atomic E-state index is -0.659. The van der Waals surface area contributed by atoms with Gasteiger partial charge in [0.1, 0.15) is 0 Å². The lowest BCUT2D eigenvalue weighted by Crippen LogP contribution is -2.35. The zero-order valence-corrected chi connectivity index (χ0v) is 19.8. The second kappa shape index (κ2) is 7.81. The van der Waals surface area contributed by atoms with Gasteiger partial charge in [0.25, 0.3) is 0 Å². The van der Waals surface area contributed by atoms with Crippen molar-refractivity contribution >= 4 is 17.3 Å². The summed E-state index contributed by atoms with van der Waals surface area (Å²) in [5.74, 6) is 0.715. The first-order valence-electron chi connectivity index (χ1n) is 11.8. The summed E-state index contributed by atoms with van der Waals surface area (Å²) >= 11 is 0. The van der Waals surface area contributed by atoms with Crippen molar-refractivity contribution in [2.45, 2.75) is 53.1 Å². The van der Waals surface area contributed by atoms with E-state index < -0.39 is 5.60 Å². The molecule has 1 atom stereocenters. The molecule has 1 spiro atoms. The van der Waals surface area contributed by atoms with Gasteiger partial charge in [0.2, 0.25) is 0 Å². The summed E-state index contributed by atoms with van der Waals surface area (Å²) < 4.78 is 6.78. The SMILES string of the molecule is CCCN(CCC)c1ccc2c(c1)C1(OC(C)=Nc3cc(C)ccc31)c1ccc(C)cc1-2. The first kappa shape index (κ1) is 20.8. The van der Waals surface area contributed by atoms with Crippen molar-refractivity contribution in [2.75, 3.05) is 18.0 Å². The van der Waals surface area contributed by atoms with Crippen molar-refractivity contribution in [3.05, 3.63) is 82.4 Å². The molecule has 3 aromatic rings. The predicted molar refractivity (Wildman–Crippen MR) is 134 cm³/mol. The van der Waals surface area contributed by atoms with Gasteiger partial charge in [0, 0.05) is 42.4 Å². The van der Waals surface area contributed by atoms with E-state index in [0.717, 1.165) is 37.2 Å². The summed E-state index contributed by atoms with van der Waals surface area (Å²) in [7, 11) is 0. The Labute approximate surface area is 191 Å². The summed E-state index contributed by atoms with van der Waals surface area (Å²) in [6.45, 7) is 12.9. The maximum atomic E-state index is 6.78. The zero-order chi connectivity index (χ0) is 22.5. The van der Waals surface area contributed by atoms with Gasteiger partial charge in [-0.1, -0.05) is 55.8 Å². The van der Waals surface area contributed by atoms with Crippen LogP contribution in [0.4, 0.5) is 11.4 Å². The molecule has 0 aromatic heterocycles. The van der Waals surface area contributed by atoms with Gasteiger partial charge >= 0.3 is 0 Å². The van der Waals surface area contributed by atoms with E-state index in [1.807, 2.05) is 6.92 Å². The van der Waals surface area contributed by atoms with Crippen molar-refractivity contribution in [3.63, 3.8) is 0 Å². The van der Waals surface area contributed by atoms with Crippen LogP contribution in [0.15, 0.2) is 59.6 Å². The lowest BCUT2D eigenvalue weighted by Gasteiger charge is -2.37. The summed E-state index contributed by atoms with van der Waals surface area (Å²) in [5, 5.41) is 0. The third-order valence-electron chi connectivity index (χ3n) is 6.69. The quantitative estimate of drug-likeness (QED) is 0.430. The molecule has 2 aliphatic rings. The van der Waals surface area contributed by atoms with Crippen molar-refractivity contribution < 1.29 is 4.74 Å². The molecule has 32 heavy (non-hydrogen) atoms. The molecule has 0 saturated carbocycles. The van der Waals surface area contributed by atoms with E-state index in [2.05, 4.69) is 87.2 Å². The Balaban J connectivity index is 1.81. The van der Waals surface area contributed by atoms with Crippen LogP contribution in [-0.2, 0) is 10.3 Å². The number of aliphatic imine (C=N–C) groups is 1. The van der Waals surface area contributed by atoms with Crippen molar-refractivity contribution in [2.24, 2.45) is 4.99 Å². The number of rotatable bonds is 5. The molecule has 0 fully saturated rings. The molecule has 1 heterocycles. The first-order valence-corrected chi connectivity index (χ1v) is 11.8. The van der Waals surface area contributed by atoms with Gasteiger partial charge in [-0.15, -0.1) is 0 Å². The number of fused-ring (bicyclic) bond motifs is 7. The average molecular weight is 425 g/mol. The van der Waals surface area contributed by atoms with Crippen LogP contribution in [0.2, 0.25) is 0 Å². The van der Waals surface area contributed by atoms with Crippen molar-refractivity contribution in [1.29, 1.82) is 0 Å². The van der Waals surface area contributed by atoms with Gasteiger partial charge in [0.15, 0.2) is 11.5 Å². The number of hydrogen-bond donors (Lipinski definition) is 0. The van der Waals surface area contributed by atoms with E-state index in [-0.39, 0.29) is 0 Å². The highest BCUT2D eigenvalue weighted by Crippen LogP contribution is 2.57. The Morgan fingerprint density at radius 3 is 2.16 bits per heavy atom.